The summed E-state index contributed by atoms with van der Waals surface area (Å²) in [6.07, 6.45) is 2.52. The van der Waals surface area contributed by atoms with Crippen LogP contribution in [0, 0.1) is 5.41 Å². The molecule has 0 saturated carbocycles. The summed E-state index contributed by atoms with van der Waals surface area (Å²) in [4.78, 5) is 0. The molecule has 0 rings (SSSR count). The number of rotatable bonds is 6. The van der Waals surface area contributed by atoms with Crippen molar-refractivity contribution >= 4 is 0 Å². The fraction of sp³-hybridized carbons (Fsp3) is 1.00. The summed E-state index contributed by atoms with van der Waals surface area (Å²) in [5, 5.41) is 0. The smallest absolute Gasteiger partial charge is 0.0518 e. The minimum absolute atomic E-state index is 0.337. The van der Waals surface area contributed by atoms with Gasteiger partial charge >= 0.3 is 0 Å². The van der Waals surface area contributed by atoms with Crippen LogP contribution in [0.3, 0.4) is 0 Å². The van der Waals surface area contributed by atoms with E-state index in [1.807, 2.05) is 0 Å². The van der Waals surface area contributed by atoms with Gasteiger partial charge in [-0.3, -0.25) is 0 Å². The molecule has 2 N–H and O–H groups in total. The monoisotopic (exact) mass is 173 g/mol. The Morgan fingerprint density at radius 2 is 1.83 bits per heavy atom. The molecule has 0 aliphatic carbocycles. The second-order valence-corrected chi connectivity index (χ2v) is 4.37. The first-order valence-electron chi connectivity index (χ1n) is 4.79. The fourth-order valence-corrected chi connectivity index (χ4v) is 1.09. The highest BCUT2D eigenvalue weighted by atomic mass is 16.5. The normalized spacial score (nSPS) is 12.5. The largest absolute Gasteiger partial charge is 0.379 e. The molecule has 0 aromatic carbocycles. The quantitative estimate of drug-likeness (QED) is 0.668. The van der Waals surface area contributed by atoms with Gasteiger partial charge in [0.25, 0.3) is 0 Å². The molecule has 0 unspecified atom stereocenters. The van der Waals surface area contributed by atoms with Gasteiger partial charge in [-0.15, -0.1) is 0 Å². The van der Waals surface area contributed by atoms with E-state index in [1.165, 1.54) is 0 Å². The summed E-state index contributed by atoms with van der Waals surface area (Å²) < 4.78 is 5.48. The van der Waals surface area contributed by atoms with Crippen LogP contribution in [-0.4, -0.2) is 19.3 Å². The molecule has 0 aliphatic heterocycles. The first kappa shape index (κ1) is 11.9. The maximum Gasteiger partial charge on any atom is 0.0518 e. The average molecular weight is 173 g/mol. The molecule has 12 heavy (non-hydrogen) atoms. The van der Waals surface area contributed by atoms with E-state index in [1.54, 1.807) is 0 Å². The zero-order chi connectivity index (χ0) is 9.61. The number of nitrogens with two attached hydrogens (primary N) is 1. The second-order valence-electron chi connectivity index (χ2n) is 4.37. The van der Waals surface area contributed by atoms with Crippen LogP contribution in [-0.2, 0) is 4.74 Å². The van der Waals surface area contributed by atoms with Crippen molar-refractivity contribution < 1.29 is 4.74 Å². The Kier molecular flexibility index (Phi) is 5.51. The number of hydrogen-bond donors (Lipinski definition) is 1. The molecule has 0 amide bonds. The first-order valence-corrected chi connectivity index (χ1v) is 4.79. The Bertz CT molecular complexity index is 110. The Morgan fingerprint density at radius 3 is 2.25 bits per heavy atom. The Morgan fingerprint density at radius 1 is 1.25 bits per heavy atom. The second kappa shape index (κ2) is 5.55. The van der Waals surface area contributed by atoms with Crippen molar-refractivity contribution in [2.24, 2.45) is 11.1 Å². The van der Waals surface area contributed by atoms with Crippen LogP contribution in [0.4, 0.5) is 0 Å². The lowest BCUT2D eigenvalue weighted by Gasteiger charge is -2.24. The molecule has 2 nitrogen and oxygen atoms in total. The highest BCUT2D eigenvalue weighted by Gasteiger charge is 2.16. The lowest BCUT2D eigenvalue weighted by molar-refractivity contribution is 0.0563. The molecule has 0 spiro atoms. The van der Waals surface area contributed by atoms with Crippen LogP contribution in [0.5, 0.6) is 0 Å². The summed E-state index contributed by atoms with van der Waals surface area (Å²) in [7, 11) is 0. The SMILES string of the molecule is CC(C)OCCC(C)(C)CCN. The lowest BCUT2D eigenvalue weighted by atomic mass is 9.86. The predicted octanol–water partition coefficient (Wildman–Crippen LogP) is 2.18. The van der Waals surface area contributed by atoms with Crippen molar-refractivity contribution in [1.82, 2.24) is 0 Å². The van der Waals surface area contributed by atoms with Crippen molar-refractivity contribution in [2.45, 2.75) is 46.6 Å². The van der Waals surface area contributed by atoms with E-state index in [0.29, 0.717) is 11.5 Å². The van der Waals surface area contributed by atoms with Crippen molar-refractivity contribution in [3.63, 3.8) is 0 Å². The highest BCUT2D eigenvalue weighted by molar-refractivity contribution is 4.68. The van der Waals surface area contributed by atoms with E-state index in [4.69, 9.17) is 10.5 Å². The van der Waals surface area contributed by atoms with Crippen LogP contribution >= 0.6 is 0 Å². The van der Waals surface area contributed by atoms with Gasteiger partial charge < -0.3 is 10.5 Å². The molecule has 0 bridgehead atoms. The Balaban J connectivity index is 3.46. The minimum Gasteiger partial charge on any atom is -0.379 e. The van der Waals surface area contributed by atoms with E-state index in [0.717, 1.165) is 26.0 Å². The highest BCUT2D eigenvalue weighted by Crippen LogP contribution is 2.23. The zero-order valence-electron chi connectivity index (χ0n) is 8.89. The zero-order valence-corrected chi connectivity index (χ0v) is 8.89. The van der Waals surface area contributed by atoms with Gasteiger partial charge in [-0.25, -0.2) is 0 Å². The molecule has 0 aromatic heterocycles. The molecule has 0 heterocycles. The molecule has 0 fully saturated rings. The van der Waals surface area contributed by atoms with Crippen molar-refractivity contribution in [2.75, 3.05) is 13.2 Å². The Labute approximate surface area is 76.5 Å². The maximum absolute atomic E-state index is 5.51. The van der Waals surface area contributed by atoms with E-state index < -0.39 is 0 Å². The molecule has 0 radical (unpaired) electrons. The van der Waals surface area contributed by atoms with Gasteiger partial charge in [0.1, 0.15) is 0 Å². The van der Waals surface area contributed by atoms with E-state index in [-0.39, 0.29) is 0 Å². The number of ether oxygens (including phenoxy) is 1. The average Bonchev–Trinajstić information content (AvgIpc) is 1.85. The predicted molar refractivity (Wildman–Crippen MR) is 53.2 cm³/mol. The molecule has 0 atom stereocenters. The summed E-state index contributed by atoms with van der Waals surface area (Å²) in [6, 6.07) is 0. The minimum atomic E-state index is 0.337. The van der Waals surface area contributed by atoms with Gasteiger partial charge in [-0.2, -0.15) is 0 Å². The van der Waals surface area contributed by atoms with Gasteiger partial charge in [0, 0.05) is 6.61 Å². The summed E-state index contributed by atoms with van der Waals surface area (Å²) in [6.45, 7) is 10.2. The standard InChI is InChI=1S/C10H23NO/c1-9(2)12-8-6-10(3,4)5-7-11/h9H,5-8,11H2,1-4H3. The summed E-state index contributed by atoms with van der Waals surface area (Å²) >= 11 is 0. The van der Waals surface area contributed by atoms with Crippen LogP contribution < -0.4 is 5.73 Å². The molecular formula is C10H23NO. The molecular weight excluding hydrogens is 150 g/mol. The van der Waals surface area contributed by atoms with Crippen molar-refractivity contribution in [1.29, 1.82) is 0 Å². The van der Waals surface area contributed by atoms with E-state index in [9.17, 15) is 0 Å². The maximum atomic E-state index is 5.51. The molecule has 0 saturated heterocycles. The van der Waals surface area contributed by atoms with Crippen molar-refractivity contribution in [3.8, 4) is 0 Å². The topological polar surface area (TPSA) is 35.2 Å². The molecule has 74 valence electrons. The van der Waals surface area contributed by atoms with E-state index >= 15 is 0 Å². The van der Waals surface area contributed by atoms with Crippen LogP contribution in [0.1, 0.15) is 40.5 Å². The first-order chi connectivity index (χ1) is 5.48. The molecule has 0 aliphatic rings. The van der Waals surface area contributed by atoms with Gasteiger partial charge in [0.15, 0.2) is 0 Å². The molecule has 2 heteroatoms. The number of hydrogen-bond acceptors (Lipinski definition) is 2. The molecule has 0 aromatic rings. The van der Waals surface area contributed by atoms with Crippen LogP contribution in [0.15, 0.2) is 0 Å². The van der Waals surface area contributed by atoms with Crippen LogP contribution in [0.2, 0.25) is 0 Å². The fourth-order valence-electron chi connectivity index (χ4n) is 1.09. The lowest BCUT2D eigenvalue weighted by Crippen LogP contribution is -2.20. The summed E-state index contributed by atoms with van der Waals surface area (Å²) in [5.41, 5.74) is 5.84. The third-order valence-electron chi connectivity index (χ3n) is 2.05. The van der Waals surface area contributed by atoms with Crippen molar-refractivity contribution in [3.05, 3.63) is 0 Å². The van der Waals surface area contributed by atoms with Crippen LogP contribution in [0.25, 0.3) is 0 Å². The Hall–Kier alpha value is -0.0800. The van der Waals surface area contributed by atoms with Gasteiger partial charge in [-0.05, 0) is 38.6 Å². The van der Waals surface area contributed by atoms with Gasteiger partial charge in [0.05, 0.1) is 6.10 Å². The third kappa shape index (κ3) is 6.62. The summed E-state index contributed by atoms with van der Waals surface area (Å²) in [5.74, 6) is 0. The van der Waals surface area contributed by atoms with Gasteiger partial charge in [0.2, 0.25) is 0 Å². The van der Waals surface area contributed by atoms with E-state index in [2.05, 4.69) is 27.7 Å². The van der Waals surface area contributed by atoms with Gasteiger partial charge in [-0.1, -0.05) is 13.8 Å². The third-order valence-corrected chi connectivity index (χ3v) is 2.05.